The average Bonchev–Trinajstić information content (AvgIpc) is 3.50. The van der Waals surface area contributed by atoms with Gasteiger partial charge in [0.15, 0.2) is 0 Å². The second kappa shape index (κ2) is 10.4. The first kappa shape index (κ1) is 21.4. The predicted octanol–water partition coefficient (Wildman–Crippen LogP) is 4.17. The molecule has 2 aromatic rings. The van der Waals surface area contributed by atoms with E-state index in [1.165, 1.54) is 103 Å². The number of aromatic nitrogens is 2. The lowest BCUT2D eigenvalue weighted by molar-refractivity contribution is 0.0912. The molecule has 31 heavy (non-hydrogen) atoms. The summed E-state index contributed by atoms with van der Waals surface area (Å²) in [5.74, 6) is 0.799. The maximum atomic E-state index is 4.91. The lowest BCUT2D eigenvalue weighted by Gasteiger charge is -2.39. The van der Waals surface area contributed by atoms with E-state index in [1.807, 2.05) is 6.07 Å². The number of rotatable bonds is 8. The first-order chi connectivity index (χ1) is 15.3. The van der Waals surface area contributed by atoms with Crippen LogP contribution in [0.4, 0.5) is 0 Å². The Morgan fingerprint density at radius 1 is 0.903 bits per heavy atom. The fourth-order valence-corrected chi connectivity index (χ4v) is 6.10. The molecular formula is C25H39N5O. The van der Waals surface area contributed by atoms with Crippen molar-refractivity contribution in [3.63, 3.8) is 0 Å². The summed E-state index contributed by atoms with van der Waals surface area (Å²) in [4.78, 5) is 8.22. The average molecular weight is 426 g/mol. The number of likely N-dealkylation sites (tertiary alicyclic amines) is 2. The molecule has 6 heteroatoms. The fourth-order valence-electron chi connectivity index (χ4n) is 6.10. The van der Waals surface area contributed by atoms with Gasteiger partial charge in [0, 0.05) is 38.8 Å². The highest BCUT2D eigenvalue weighted by Crippen LogP contribution is 2.28. The number of hydrogen-bond donors (Lipinski definition) is 0. The van der Waals surface area contributed by atoms with Gasteiger partial charge in [-0.1, -0.05) is 25.3 Å². The molecule has 1 aliphatic carbocycles. The van der Waals surface area contributed by atoms with E-state index < -0.39 is 0 Å². The van der Waals surface area contributed by atoms with Gasteiger partial charge in [0.25, 0.3) is 0 Å². The highest BCUT2D eigenvalue weighted by molar-refractivity contribution is 5.73. The van der Waals surface area contributed by atoms with E-state index in [0.29, 0.717) is 0 Å². The predicted molar refractivity (Wildman–Crippen MR) is 124 cm³/mol. The van der Waals surface area contributed by atoms with Crippen molar-refractivity contribution in [1.29, 1.82) is 0 Å². The maximum Gasteiger partial charge on any atom is 0.135 e. The van der Waals surface area contributed by atoms with Crippen LogP contribution in [0.3, 0.4) is 0 Å². The molecule has 0 amide bonds. The zero-order valence-electron chi connectivity index (χ0n) is 19.1. The van der Waals surface area contributed by atoms with Gasteiger partial charge >= 0.3 is 0 Å². The Morgan fingerprint density at radius 3 is 2.61 bits per heavy atom. The molecule has 3 fully saturated rings. The molecule has 0 radical (unpaired) electrons. The summed E-state index contributed by atoms with van der Waals surface area (Å²) in [6.45, 7) is 9.76. The number of hydrogen-bond acceptors (Lipinski definition) is 6. The van der Waals surface area contributed by atoms with Crippen molar-refractivity contribution in [2.45, 2.75) is 70.4 Å². The fraction of sp³-hybridized carbons (Fsp3) is 0.760. The monoisotopic (exact) mass is 425 g/mol. The molecule has 0 spiro atoms. The van der Waals surface area contributed by atoms with Crippen LogP contribution in [0.2, 0.25) is 0 Å². The van der Waals surface area contributed by atoms with Gasteiger partial charge < -0.3 is 9.80 Å². The maximum absolute atomic E-state index is 4.91. The first-order valence-electron chi connectivity index (χ1n) is 12.7. The van der Waals surface area contributed by atoms with Crippen LogP contribution in [0.15, 0.2) is 22.8 Å². The van der Waals surface area contributed by atoms with Crippen molar-refractivity contribution in [3.05, 3.63) is 23.8 Å². The van der Waals surface area contributed by atoms with Gasteiger partial charge in [-0.2, -0.15) is 0 Å². The van der Waals surface area contributed by atoms with Crippen LogP contribution in [0.5, 0.6) is 0 Å². The molecule has 1 aromatic heterocycles. The third-order valence-electron chi connectivity index (χ3n) is 7.81. The number of benzene rings is 1. The summed E-state index contributed by atoms with van der Waals surface area (Å²) in [7, 11) is 0. The SMILES string of the molecule is c1cc2nonc2cc1CN(CCN1CCCCC1)CC1CCCN(C2CCCC2)C1. The van der Waals surface area contributed by atoms with Gasteiger partial charge in [-0.25, -0.2) is 4.63 Å². The molecule has 6 nitrogen and oxygen atoms in total. The third-order valence-corrected chi connectivity index (χ3v) is 7.81. The molecule has 1 atom stereocenters. The van der Waals surface area contributed by atoms with Crippen LogP contribution in [0.25, 0.3) is 11.0 Å². The molecule has 0 bridgehead atoms. The van der Waals surface area contributed by atoms with E-state index in [4.69, 9.17) is 4.63 Å². The molecule has 1 saturated carbocycles. The molecule has 2 saturated heterocycles. The molecule has 2 aliphatic heterocycles. The molecular weight excluding hydrogens is 386 g/mol. The molecule has 0 N–H and O–H groups in total. The van der Waals surface area contributed by atoms with E-state index >= 15 is 0 Å². The quantitative estimate of drug-likeness (QED) is 0.633. The van der Waals surface area contributed by atoms with E-state index in [0.717, 1.165) is 36.1 Å². The summed E-state index contributed by atoms with van der Waals surface area (Å²) in [5.41, 5.74) is 3.05. The molecule has 3 heterocycles. The third kappa shape index (κ3) is 5.65. The second-order valence-electron chi connectivity index (χ2n) is 10.2. The van der Waals surface area contributed by atoms with Crippen LogP contribution in [0, 0.1) is 5.92 Å². The summed E-state index contributed by atoms with van der Waals surface area (Å²) < 4.78 is 4.91. The van der Waals surface area contributed by atoms with Gasteiger partial charge in [-0.05, 0) is 92.1 Å². The summed E-state index contributed by atoms with van der Waals surface area (Å²) in [6, 6.07) is 7.27. The zero-order valence-corrected chi connectivity index (χ0v) is 19.1. The Hall–Kier alpha value is -1.50. The molecule has 170 valence electrons. The Labute approximate surface area is 186 Å². The van der Waals surface area contributed by atoms with Crippen LogP contribution in [0.1, 0.15) is 63.4 Å². The molecule has 1 unspecified atom stereocenters. The van der Waals surface area contributed by atoms with Gasteiger partial charge in [0.2, 0.25) is 0 Å². The lowest BCUT2D eigenvalue weighted by atomic mass is 9.95. The van der Waals surface area contributed by atoms with Crippen molar-refractivity contribution >= 4 is 11.0 Å². The molecule has 3 aliphatic rings. The van der Waals surface area contributed by atoms with E-state index in [-0.39, 0.29) is 0 Å². The van der Waals surface area contributed by atoms with Gasteiger partial charge in [0.1, 0.15) is 11.0 Å². The lowest BCUT2D eigenvalue weighted by Crippen LogP contribution is -2.46. The minimum atomic E-state index is 0.799. The largest absolute Gasteiger partial charge is 0.302 e. The van der Waals surface area contributed by atoms with Gasteiger partial charge in [-0.15, -0.1) is 0 Å². The number of nitrogens with zero attached hydrogens (tertiary/aromatic N) is 5. The molecule has 1 aromatic carbocycles. The Morgan fingerprint density at radius 2 is 1.74 bits per heavy atom. The number of piperidine rings is 2. The smallest absolute Gasteiger partial charge is 0.135 e. The summed E-state index contributed by atoms with van der Waals surface area (Å²) in [5, 5.41) is 8.02. The first-order valence-corrected chi connectivity index (χ1v) is 12.7. The van der Waals surface area contributed by atoms with Crippen LogP contribution in [-0.4, -0.2) is 76.9 Å². The highest BCUT2D eigenvalue weighted by Gasteiger charge is 2.29. The second-order valence-corrected chi connectivity index (χ2v) is 10.2. The van der Waals surface area contributed by atoms with Crippen LogP contribution in [-0.2, 0) is 6.54 Å². The van der Waals surface area contributed by atoms with Crippen LogP contribution < -0.4 is 0 Å². The zero-order chi connectivity index (χ0) is 20.9. The minimum Gasteiger partial charge on any atom is -0.302 e. The van der Waals surface area contributed by atoms with Crippen molar-refractivity contribution in [2.24, 2.45) is 5.92 Å². The van der Waals surface area contributed by atoms with E-state index in [2.05, 4.69) is 37.1 Å². The highest BCUT2D eigenvalue weighted by atomic mass is 16.6. The van der Waals surface area contributed by atoms with Crippen molar-refractivity contribution < 1.29 is 4.63 Å². The van der Waals surface area contributed by atoms with Gasteiger partial charge in [0.05, 0.1) is 0 Å². The summed E-state index contributed by atoms with van der Waals surface area (Å²) in [6.07, 6.45) is 12.6. The topological polar surface area (TPSA) is 48.6 Å². The van der Waals surface area contributed by atoms with Crippen molar-refractivity contribution in [2.75, 3.05) is 45.8 Å². The van der Waals surface area contributed by atoms with Crippen molar-refractivity contribution in [1.82, 2.24) is 25.0 Å². The molecule has 5 rings (SSSR count). The van der Waals surface area contributed by atoms with Gasteiger partial charge in [-0.3, -0.25) is 4.90 Å². The van der Waals surface area contributed by atoms with Crippen molar-refractivity contribution in [3.8, 4) is 0 Å². The Bertz CT molecular complexity index is 811. The Kier molecular flexibility index (Phi) is 7.17. The Balaban J connectivity index is 1.23. The minimum absolute atomic E-state index is 0.799. The standard InChI is InChI=1S/C25H39N5O/c1-4-12-28(13-5-1)15-16-29(18-21-10-11-24-25(17-21)27-31-26-24)19-22-7-6-14-30(20-22)23-8-2-3-9-23/h10-11,17,22-23H,1-9,12-16,18-20H2. The van der Waals surface area contributed by atoms with E-state index in [1.54, 1.807) is 0 Å². The normalized spacial score (nSPS) is 24.5. The number of fused-ring (bicyclic) bond motifs is 1. The summed E-state index contributed by atoms with van der Waals surface area (Å²) >= 11 is 0. The van der Waals surface area contributed by atoms with Crippen LogP contribution >= 0.6 is 0 Å². The van der Waals surface area contributed by atoms with E-state index in [9.17, 15) is 0 Å².